The molecule has 1 rings (SSSR count). The lowest BCUT2D eigenvalue weighted by Gasteiger charge is -2.26. The Labute approximate surface area is 78.8 Å². The molecular formula is C10H18O3. The van der Waals surface area contributed by atoms with Gasteiger partial charge in [0.1, 0.15) is 5.78 Å². The molecule has 0 amide bonds. The number of aliphatic hydroxyl groups is 2. The van der Waals surface area contributed by atoms with Crippen LogP contribution in [0.1, 0.15) is 32.6 Å². The number of carbonyl (C=O) groups excluding carboxylic acids is 1. The summed E-state index contributed by atoms with van der Waals surface area (Å²) >= 11 is 0. The van der Waals surface area contributed by atoms with Crippen LogP contribution in [0.15, 0.2) is 0 Å². The fraction of sp³-hybridized carbons (Fsp3) is 0.900. The number of ketones is 1. The van der Waals surface area contributed by atoms with Crippen molar-refractivity contribution in [1.82, 2.24) is 0 Å². The van der Waals surface area contributed by atoms with Gasteiger partial charge in [0.25, 0.3) is 0 Å². The van der Waals surface area contributed by atoms with Crippen LogP contribution in [0.2, 0.25) is 0 Å². The smallest absolute Gasteiger partial charge is 0.136 e. The molecule has 3 unspecified atom stereocenters. The highest BCUT2D eigenvalue weighted by Gasteiger charge is 2.27. The second-order valence-corrected chi connectivity index (χ2v) is 4.11. The molecule has 0 aromatic rings. The summed E-state index contributed by atoms with van der Waals surface area (Å²) < 4.78 is 0. The van der Waals surface area contributed by atoms with E-state index in [0.29, 0.717) is 18.8 Å². The molecular weight excluding hydrogens is 168 g/mol. The van der Waals surface area contributed by atoms with Crippen molar-refractivity contribution in [2.75, 3.05) is 6.61 Å². The van der Waals surface area contributed by atoms with Gasteiger partial charge in [0.05, 0.1) is 12.7 Å². The van der Waals surface area contributed by atoms with Crippen molar-refractivity contribution in [3.63, 3.8) is 0 Å². The summed E-state index contributed by atoms with van der Waals surface area (Å²) in [6, 6.07) is 0. The van der Waals surface area contributed by atoms with E-state index in [-0.39, 0.29) is 18.3 Å². The normalized spacial score (nSPS) is 31.8. The highest BCUT2D eigenvalue weighted by Crippen LogP contribution is 2.28. The maximum Gasteiger partial charge on any atom is 0.136 e. The zero-order valence-electron chi connectivity index (χ0n) is 8.07. The van der Waals surface area contributed by atoms with E-state index in [4.69, 9.17) is 5.11 Å². The topological polar surface area (TPSA) is 57.5 Å². The van der Waals surface area contributed by atoms with Gasteiger partial charge in [0.15, 0.2) is 0 Å². The summed E-state index contributed by atoms with van der Waals surface area (Å²) in [5, 5.41) is 17.9. The van der Waals surface area contributed by atoms with E-state index in [9.17, 15) is 9.90 Å². The van der Waals surface area contributed by atoms with E-state index in [1.54, 1.807) is 0 Å². The SMILES string of the molecule is CC1CCC(=O)C(CC(O)CO)C1. The number of hydrogen-bond acceptors (Lipinski definition) is 3. The van der Waals surface area contributed by atoms with Gasteiger partial charge in [-0.1, -0.05) is 6.92 Å². The lowest BCUT2D eigenvalue weighted by Crippen LogP contribution is -2.28. The molecule has 0 heterocycles. The Balaban J connectivity index is 2.42. The molecule has 0 radical (unpaired) electrons. The molecule has 1 aliphatic carbocycles. The predicted octanol–water partition coefficient (Wildman–Crippen LogP) is 0.735. The van der Waals surface area contributed by atoms with Crippen LogP contribution in [-0.2, 0) is 4.79 Å². The summed E-state index contributed by atoms with van der Waals surface area (Å²) in [5.41, 5.74) is 0. The molecule has 3 nitrogen and oxygen atoms in total. The zero-order valence-corrected chi connectivity index (χ0v) is 8.07. The van der Waals surface area contributed by atoms with E-state index in [1.165, 1.54) is 0 Å². The third-order valence-electron chi connectivity index (χ3n) is 2.79. The van der Waals surface area contributed by atoms with E-state index < -0.39 is 6.10 Å². The monoisotopic (exact) mass is 186 g/mol. The van der Waals surface area contributed by atoms with E-state index in [2.05, 4.69) is 6.92 Å². The Hall–Kier alpha value is -0.410. The van der Waals surface area contributed by atoms with E-state index >= 15 is 0 Å². The van der Waals surface area contributed by atoms with Gasteiger partial charge in [-0.15, -0.1) is 0 Å². The first-order valence-electron chi connectivity index (χ1n) is 4.95. The number of rotatable bonds is 3. The van der Waals surface area contributed by atoms with Crippen LogP contribution in [0.3, 0.4) is 0 Å². The van der Waals surface area contributed by atoms with Crippen LogP contribution in [-0.4, -0.2) is 28.7 Å². The van der Waals surface area contributed by atoms with Gasteiger partial charge in [0, 0.05) is 12.3 Å². The number of Topliss-reactive ketones (excluding diaryl/α,β-unsaturated/α-hetero) is 1. The van der Waals surface area contributed by atoms with Crippen molar-refractivity contribution in [3.8, 4) is 0 Å². The summed E-state index contributed by atoms with van der Waals surface area (Å²) in [6.07, 6.45) is 2.20. The van der Waals surface area contributed by atoms with Crippen LogP contribution >= 0.6 is 0 Å². The minimum absolute atomic E-state index is 0.0223. The Morgan fingerprint density at radius 2 is 2.31 bits per heavy atom. The molecule has 13 heavy (non-hydrogen) atoms. The quantitative estimate of drug-likeness (QED) is 0.683. The lowest BCUT2D eigenvalue weighted by atomic mass is 9.79. The second kappa shape index (κ2) is 4.72. The third-order valence-corrected chi connectivity index (χ3v) is 2.79. The highest BCUT2D eigenvalue weighted by molar-refractivity contribution is 5.81. The Bertz CT molecular complexity index is 179. The maximum atomic E-state index is 11.4. The number of hydrogen-bond donors (Lipinski definition) is 2. The molecule has 0 aromatic carbocycles. The first-order valence-corrected chi connectivity index (χ1v) is 4.95. The minimum atomic E-state index is -0.723. The summed E-state index contributed by atoms with van der Waals surface area (Å²) in [4.78, 5) is 11.4. The van der Waals surface area contributed by atoms with Crippen LogP contribution in [0.4, 0.5) is 0 Å². The summed E-state index contributed by atoms with van der Waals surface area (Å²) in [6.45, 7) is 1.89. The predicted molar refractivity (Wildman–Crippen MR) is 49.2 cm³/mol. The Morgan fingerprint density at radius 3 is 2.92 bits per heavy atom. The molecule has 1 saturated carbocycles. The van der Waals surface area contributed by atoms with Gasteiger partial charge in [-0.25, -0.2) is 0 Å². The van der Waals surface area contributed by atoms with Crippen molar-refractivity contribution < 1.29 is 15.0 Å². The third kappa shape index (κ3) is 3.08. The van der Waals surface area contributed by atoms with Gasteiger partial charge < -0.3 is 10.2 Å². The van der Waals surface area contributed by atoms with Crippen molar-refractivity contribution in [1.29, 1.82) is 0 Å². The molecule has 1 fully saturated rings. The van der Waals surface area contributed by atoms with E-state index in [1.807, 2.05) is 0 Å². The molecule has 0 aliphatic heterocycles. The van der Waals surface area contributed by atoms with Crippen molar-refractivity contribution >= 4 is 5.78 Å². The van der Waals surface area contributed by atoms with Crippen molar-refractivity contribution in [2.24, 2.45) is 11.8 Å². The average molecular weight is 186 g/mol. The van der Waals surface area contributed by atoms with Crippen LogP contribution < -0.4 is 0 Å². The lowest BCUT2D eigenvalue weighted by molar-refractivity contribution is -0.126. The molecule has 3 atom stereocenters. The van der Waals surface area contributed by atoms with Crippen LogP contribution in [0, 0.1) is 11.8 Å². The zero-order chi connectivity index (χ0) is 9.84. The molecule has 0 spiro atoms. The molecule has 0 saturated heterocycles. The maximum absolute atomic E-state index is 11.4. The molecule has 2 N–H and O–H groups in total. The fourth-order valence-corrected chi connectivity index (χ4v) is 1.96. The summed E-state index contributed by atoms with van der Waals surface area (Å²) in [5.74, 6) is 0.810. The average Bonchev–Trinajstić information content (AvgIpc) is 2.11. The van der Waals surface area contributed by atoms with Crippen LogP contribution in [0.5, 0.6) is 0 Å². The van der Waals surface area contributed by atoms with Gasteiger partial charge >= 0.3 is 0 Å². The van der Waals surface area contributed by atoms with Gasteiger partial charge in [-0.3, -0.25) is 4.79 Å². The van der Waals surface area contributed by atoms with Crippen molar-refractivity contribution in [3.05, 3.63) is 0 Å². The first kappa shape index (κ1) is 10.7. The molecule has 76 valence electrons. The van der Waals surface area contributed by atoms with Crippen molar-refractivity contribution in [2.45, 2.75) is 38.7 Å². The first-order chi connectivity index (χ1) is 6.13. The largest absolute Gasteiger partial charge is 0.394 e. The molecule has 3 heteroatoms. The van der Waals surface area contributed by atoms with Crippen LogP contribution in [0.25, 0.3) is 0 Å². The Kier molecular flexibility index (Phi) is 3.88. The minimum Gasteiger partial charge on any atom is -0.394 e. The van der Waals surface area contributed by atoms with Gasteiger partial charge in [0.2, 0.25) is 0 Å². The van der Waals surface area contributed by atoms with E-state index in [0.717, 1.165) is 12.8 Å². The number of carbonyl (C=O) groups is 1. The summed E-state index contributed by atoms with van der Waals surface area (Å²) in [7, 11) is 0. The molecule has 0 bridgehead atoms. The standard InChI is InChI=1S/C10H18O3/c1-7-2-3-10(13)8(4-7)5-9(12)6-11/h7-9,11-12H,2-6H2,1H3. The highest BCUT2D eigenvalue weighted by atomic mass is 16.3. The molecule has 0 aromatic heterocycles. The second-order valence-electron chi connectivity index (χ2n) is 4.11. The van der Waals surface area contributed by atoms with Gasteiger partial charge in [-0.2, -0.15) is 0 Å². The fourth-order valence-electron chi connectivity index (χ4n) is 1.96. The van der Waals surface area contributed by atoms with Gasteiger partial charge in [-0.05, 0) is 25.2 Å². The molecule has 1 aliphatic rings. The Morgan fingerprint density at radius 1 is 1.62 bits per heavy atom. The number of aliphatic hydroxyl groups excluding tert-OH is 2.